The molecule has 2 amide bonds. The second kappa shape index (κ2) is 7.30. The number of nitrogens with one attached hydrogen (secondary N) is 1. The Hall–Kier alpha value is -1.31. The summed E-state index contributed by atoms with van der Waals surface area (Å²) in [6.07, 6.45) is 0. The zero-order valence-corrected chi connectivity index (χ0v) is 14.3. The smallest absolute Gasteiger partial charge is 0.264 e. The average molecular weight is 353 g/mol. The van der Waals surface area contributed by atoms with Crippen molar-refractivity contribution >= 4 is 46.2 Å². The summed E-state index contributed by atoms with van der Waals surface area (Å²) in [5, 5.41) is 6.76. The van der Waals surface area contributed by atoms with Crippen LogP contribution in [-0.4, -0.2) is 47.4 Å². The standard InChI is InChI=1S/C15H16N2O2S3/c18-14(12-3-1-6-21-12)16-9-11-10-20-8-5-17(11)15(19)13-4-2-7-22-13/h1-4,6-7,11H,5,8-10H2,(H,16,18)/t11-/m1/s1. The third kappa shape index (κ3) is 3.53. The van der Waals surface area contributed by atoms with Gasteiger partial charge < -0.3 is 10.2 Å². The summed E-state index contributed by atoms with van der Waals surface area (Å²) in [6.45, 7) is 1.24. The Balaban J connectivity index is 1.63. The molecule has 0 spiro atoms. The van der Waals surface area contributed by atoms with Gasteiger partial charge in [-0.25, -0.2) is 0 Å². The molecule has 0 unspecified atom stereocenters. The first-order chi connectivity index (χ1) is 10.8. The van der Waals surface area contributed by atoms with Crippen molar-refractivity contribution in [3.63, 3.8) is 0 Å². The fourth-order valence-corrected chi connectivity index (χ4v) is 4.72. The van der Waals surface area contributed by atoms with E-state index in [2.05, 4.69) is 5.32 Å². The van der Waals surface area contributed by atoms with Crippen LogP contribution in [0.15, 0.2) is 35.0 Å². The third-order valence-electron chi connectivity index (χ3n) is 3.46. The highest BCUT2D eigenvalue weighted by atomic mass is 32.2. The first kappa shape index (κ1) is 15.6. The second-order valence-electron chi connectivity index (χ2n) is 4.89. The Labute approximate surface area is 141 Å². The Bertz CT molecular complexity index is 625. The van der Waals surface area contributed by atoms with E-state index in [1.807, 2.05) is 51.7 Å². The van der Waals surface area contributed by atoms with Crippen LogP contribution < -0.4 is 5.32 Å². The summed E-state index contributed by atoms with van der Waals surface area (Å²) >= 11 is 4.72. The van der Waals surface area contributed by atoms with E-state index in [9.17, 15) is 9.59 Å². The van der Waals surface area contributed by atoms with Crippen LogP contribution in [-0.2, 0) is 0 Å². The number of hydrogen-bond acceptors (Lipinski definition) is 5. The molecule has 1 saturated heterocycles. The van der Waals surface area contributed by atoms with Crippen molar-refractivity contribution in [1.82, 2.24) is 10.2 Å². The quantitative estimate of drug-likeness (QED) is 0.920. The minimum absolute atomic E-state index is 0.0530. The predicted octanol–water partition coefficient (Wildman–Crippen LogP) is 2.80. The predicted molar refractivity (Wildman–Crippen MR) is 93.1 cm³/mol. The van der Waals surface area contributed by atoms with Crippen LogP contribution in [0.3, 0.4) is 0 Å². The molecule has 0 radical (unpaired) electrons. The van der Waals surface area contributed by atoms with Crippen molar-refractivity contribution in [1.29, 1.82) is 0 Å². The number of rotatable bonds is 4. The first-order valence-electron chi connectivity index (χ1n) is 6.99. The van der Waals surface area contributed by atoms with Gasteiger partial charge in [0.15, 0.2) is 0 Å². The molecule has 3 rings (SSSR count). The normalized spacial score (nSPS) is 18.2. The van der Waals surface area contributed by atoms with Crippen LogP contribution in [0.1, 0.15) is 19.3 Å². The van der Waals surface area contributed by atoms with Gasteiger partial charge in [0.25, 0.3) is 11.8 Å². The molecule has 3 heterocycles. The number of thiophene rings is 2. The molecule has 4 nitrogen and oxygen atoms in total. The van der Waals surface area contributed by atoms with Gasteiger partial charge in [0, 0.05) is 24.6 Å². The zero-order chi connectivity index (χ0) is 15.4. The third-order valence-corrected chi connectivity index (χ3v) is 6.28. The van der Waals surface area contributed by atoms with E-state index in [0.29, 0.717) is 11.4 Å². The van der Waals surface area contributed by atoms with Crippen molar-refractivity contribution in [2.75, 3.05) is 24.6 Å². The number of amides is 2. The van der Waals surface area contributed by atoms with Crippen LogP contribution in [0.4, 0.5) is 0 Å². The first-order valence-corrected chi connectivity index (χ1v) is 9.91. The largest absolute Gasteiger partial charge is 0.349 e. The SMILES string of the molecule is O=C(NC[C@@H]1CSCCN1C(=O)c1cccs1)c1cccs1. The van der Waals surface area contributed by atoms with Crippen molar-refractivity contribution in [2.24, 2.45) is 0 Å². The van der Waals surface area contributed by atoms with E-state index in [4.69, 9.17) is 0 Å². The molecular formula is C15H16N2O2S3. The number of nitrogens with zero attached hydrogens (tertiary/aromatic N) is 1. The van der Waals surface area contributed by atoms with Crippen LogP contribution in [0.5, 0.6) is 0 Å². The van der Waals surface area contributed by atoms with Crippen LogP contribution >= 0.6 is 34.4 Å². The molecular weight excluding hydrogens is 336 g/mol. The molecule has 1 aliphatic rings. The van der Waals surface area contributed by atoms with Gasteiger partial charge in [0.1, 0.15) is 0 Å². The maximum Gasteiger partial charge on any atom is 0.264 e. The summed E-state index contributed by atoms with van der Waals surface area (Å²) in [5.41, 5.74) is 0. The average Bonchev–Trinajstić information content (AvgIpc) is 3.24. The summed E-state index contributed by atoms with van der Waals surface area (Å²) < 4.78 is 0. The highest BCUT2D eigenvalue weighted by Crippen LogP contribution is 2.21. The second-order valence-corrected chi connectivity index (χ2v) is 7.94. The summed E-state index contributed by atoms with van der Waals surface area (Å²) in [7, 11) is 0. The lowest BCUT2D eigenvalue weighted by molar-refractivity contribution is 0.0696. The molecule has 2 aromatic rings. The molecule has 1 aliphatic heterocycles. The fourth-order valence-electron chi connectivity index (χ4n) is 2.34. The zero-order valence-electron chi connectivity index (χ0n) is 11.9. The summed E-state index contributed by atoms with van der Waals surface area (Å²) in [4.78, 5) is 28.0. The number of carbonyl (C=O) groups excluding carboxylic acids is 2. The Kier molecular flexibility index (Phi) is 5.17. The molecule has 1 N–H and O–H groups in total. The summed E-state index contributed by atoms with van der Waals surface area (Å²) in [6, 6.07) is 7.48. The highest BCUT2D eigenvalue weighted by molar-refractivity contribution is 7.99. The van der Waals surface area contributed by atoms with Gasteiger partial charge >= 0.3 is 0 Å². The lowest BCUT2D eigenvalue weighted by Gasteiger charge is -2.35. The van der Waals surface area contributed by atoms with E-state index in [-0.39, 0.29) is 17.9 Å². The highest BCUT2D eigenvalue weighted by Gasteiger charge is 2.28. The fraction of sp³-hybridized carbons (Fsp3) is 0.333. The van der Waals surface area contributed by atoms with E-state index < -0.39 is 0 Å². The number of carbonyl (C=O) groups is 2. The number of hydrogen-bond donors (Lipinski definition) is 1. The van der Waals surface area contributed by atoms with Gasteiger partial charge in [0.05, 0.1) is 15.8 Å². The Morgan fingerprint density at radius 1 is 1.18 bits per heavy atom. The molecule has 0 bridgehead atoms. The Morgan fingerprint density at radius 3 is 2.59 bits per heavy atom. The molecule has 1 fully saturated rings. The molecule has 0 saturated carbocycles. The van der Waals surface area contributed by atoms with Crippen LogP contribution in [0.25, 0.3) is 0 Å². The number of thioether (sulfide) groups is 1. The Morgan fingerprint density at radius 2 is 1.91 bits per heavy atom. The molecule has 2 aromatic heterocycles. The van der Waals surface area contributed by atoms with Gasteiger partial charge in [0.2, 0.25) is 0 Å². The lowest BCUT2D eigenvalue weighted by Crippen LogP contribution is -2.51. The molecule has 0 aromatic carbocycles. The van der Waals surface area contributed by atoms with E-state index in [1.165, 1.54) is 22.7 Å². The minimum Gasteiger partial charge on any atom is -0.349 e. The van der Waals surface area contributed by atoms with Crippen molar-refractivity contribution in [3.8, 4) is 0 Å². The maximum atomic E-state index is 12.6. The van der Waals surface area contributed by atoms with Crippen molar-refractivity contribution < 1.29 is 9.59 Å². The molecule has 22 heavy (non-hydrogen) atoms. The van der Waals surface area contributed by atoms with Crippen molar-refractivity contribution in [3.05, 3.63) is 44.8 Å². The summed E-state index contributed by atoms with van der Waals surface area (Å²) in [5.74, 6) is 1.83. The van der Waals surface area contributed by atoms with E-state index >= 15 is 0 Å². The van der Waals surface area contributed by atoms with Crippen LogP contribution in [0.2, 0.25) is 0 Å². The van der Waals surface area contributed by atoms with Crippen LogP contribution in [0, 0.1) is 0 Å². The minimum atomic E-state index is -0.0610. The van der Waals surface area contributed by atoms with Gasteiger partial charge in [-0.1, -0.05) is 12.1 Å². The molecule has 116 valence electrons. The molecule has 7 heteroatoms. The van der Waals surface area contributed by atoms with Gasteiger partial charge in [-0.2, -0.15) is 11.8 Å². The maximum absolute atomic E-state index is 12.6. The van der Waals surface area contributed by atoms with E-state index in [1.54, 1.807) is 0 Å². The molecule has 0 aliphatic carbocycles. The van der Waals surface area contributed by atoms with E-state index in [0.717, 1.165) is 22.9 Å². The monoisotopic (exact) mass is 352 g/mol. The topological polar surface area (TPSA) is 49.4 Å². The van der Waals surface area contributed by atoms with Gasteiger partial charge in [-0.15, -0.1) is 22.7 Å². The molecule has 1 atom stereocenters. The van der Waals surface area contributed by atoms with Gasteiger partial charge in [-0.05, 0) is 22.9 Å². The van der Waals surface area contributed by atoms with Crippen molar-refractivity contribution in [2.45, 2.75) is 6.04 Å². The van der Waals surface area contributed by atoms with Gasteiger partial charge in [-0.3, -0.25) is 9.59 Å². The lowest BCUT2D eigenvalue weighted by atomic mass is 10.2.